The Morgan fingerprint density at radius 2 is 2.00 bits per heavy atom. The maximum Gasteiger partial charge on any atom is 0.267 e. The molecule has 3 N–H and O–H groups in total. The Hall–Kier alpha value is -2.83. The molecule has 0 aliphatic rings. The van der Waals surface area contributed by atoms with Gasteiger partial charge in [0.15, 0.2) is 0 Å². The minimum Gasteiger partial charge on any atom is -0.497 e. The van der Waals surface area contributed by atoms with Gasteiger partial charge in [0.25, 0.3) is 5.56 Å². The van der Waals surface area contributed by atoms with E-state index in [1.165, 1.54) is 12.1 Å². The van der Waals surface area contributed by atoms with Crippen LogP contribution >= 0.6 is 0 Å². The fourth-order valence-electron chi connectivity index (χ4n) is 1.59. The molecule has 0 radical (unpaired) electrons. The summed E-state index contributed by atoms with van der Waals surface area (Å²) in [6, 6.07) is 9.50. The quantitative estimate of drug-likeness (QED) is 0.844. The van der Waals surface area contributed by atoms with E-state index in [2.05, 4.69) is 10.4 Å². The van der Waals surface area contributed by atoms with Crippen LogP contribution in [0.5, 0.6) is 5.75 Å². The number of nitrogens with zero attached hydrogens (tertiary/aromatic N) is 2. The second-order valence-corrected chi connectivity index (χ2v) is 4.03. The van der Waals surface area contributed by atoms with Crippen LogP contribution in [0.1, 0.15) is 0 Å². The van der Waals surface area contributed by atoms with E-state index in [0.717, 1.165) is 4.68 Å². The van der Waals surface area contributed by atoms with Crippen LogP contribution in [0.4, 0.5) is 11.5 Å². The third-order valence-corrected chi connectivity index (χ3v) is 2.55. The van der Waals surface area contributed by atoms with Gasteiger partial charge in [-0.25, -0.2) is 4.68 Å². The van der Waals surface area contributed by atoms with Crippen molar-refractivity contribution in [1.82, 2.24) is 9.78 Å². The molecule has 1 amide bonds. The van der Waals surface area contributed by atoms with Gasteiger partial charge in [0, 0.05) is 11.8 Å². The molecule has 0 unspecified atom stereocenters. The molecule has 0 aliphatic carbocycles. The summed E-state index contributed by atoms with van der Waals surface area (Å²) in [7, 11) is 1.56. The average Bonchev–Trinajstić information content (AvgIpc) is 2.43. The fourth-order valence-corrected chi connectivity index (χ4v) is 1.59. The molecule has 7 heteroatoms. The molecular weight excluding hydrogens is 260 g/mol. The standard InChI is InChI=1S/C13H14N4O3/c1-20-10-4-2-9(3-5-10)15-12(18)8-17-13(19)7-6-11(14)16-17/h2-7H,8H2,1H3,(H2,14,16)(H,15,18). The predicted molar refractivity (Wildman–Crippen MR) is 74.5 cm³/mol. The van der Waals surface area contributed by atoms with Crippen molar-refractivity contribution in [2.24, 2.45) is 0 Å². The topological polar surface area (TPSA) is 99.2 Å². The third-order valence-electron chi connectivity index (χ3n) is 2.55. The maximum absolute atomic E-state index is 11.8. The summed E-state index contributed by atoms with van der Waals surface area (Å²) < 4.78 is 6.02. The molecule has 0 atom stereocenters. The SMILES string of the molecule is COc1ccc(NC(=O)Cn2nc(N)ccc2=O)cc1. The van der Waals surface area contributed by atoms with Crippen molar-refractivity contribution in [1.29, 1.82) is 0 Å². The predicted octanol–water partition coefficient (Wildman–Crippen LogP) is 0.473. The van der Waals surface area contributed by atoms with Crippen molar-refractivity contribution in [3.8, 4) is 5.75 Å². The Morgan fingerprint density at radius 1 is 1.30 bits per heavy atom. The minimum atomic E-state index is -0.385. The number of nitrogens with one attached hydrogen (secondary N) is 1. The van der Waals surface area contributed by atoms with E-state index >= 15 is 0 Å². The lowest BCUT2D eigenvalue weighted by Crippen LogP contribution is -2.29. The molecule has 1 aromatic heterocycles. The van der Waals surface area contributed by atoms with Crippen molar-refractivity contribution < 1.29 is 9.53 Å². The maximum atomic E-state index is 11.8. The smallest absolute Gasteiger partial charge is 0.267 e. The van der Waals surface area contributed by atoms with E-state index in [9.17, 15) is 9.59 Å². The first-order valence-corrected chi connectivity index (χ1v) is 5.86. The molecule has 1 aromatic carbocycles. The van der Waals surface area contributed by atoms with Crippen LogP contribution in [0, 0.1) is 0 Å². The van der Waals surface area contributed by atoms with Crippen molar-refractivity contribution in [2.75, 3.05) is 18.2 Å². The van der Waals surface area contributed by atoms with Gasteiger partial charge < -0.3 is 15.8 Å². The van der Waals surface area contributed by atoms with Crippen LogP contribution in [0.2, 0.25) is 0 Å². The number of ether oxygens (including phenoxy) is 1. The van der Waals surface area contributed by atoms with Crippen LogP contribution in [-0.4, -0.2) is 22.8 Å². The summed E-state index contributed by atoms with van der Waals surface area (Å²) in [5.74, 6) is 0.508. The van der Waals surface area contributed by atoms with Gasteiger partial charge in [-0.1, -0.05) is 0 Å². The first kappa shape index (κ1) is 13.6. The van der Waals surface area contributed by atoms with Gasteiger partial charge in [-0.2, -0.15) is 5.10 Å². The van der Waals surface area contributed by atoms with Crippen LogP contribution in [0.25, 0.3) is 0 Å². The van der Waals surface area contributed by atoms with E-state index in [4.69, 9.17) is 10.5 Å². The van der Waals surface area contributed by atoms with Crippen molar-refractivity contribution in [3.05, 3.63) is 46.8 Å². The summed E-state index contributed by atoms with van der Waals surface area (Å²) in [5, 5.41) is 6.44. The largest absolute Gasteiger partial charge is 0.497 e. The highest BCUT2D eigenvalue weighted by molar-refractivity contribution is 5.90. The Balaban J connectivity index is 2.04. The molecule has 0 aliphatic heterocycles. The number of nitrogen functional groups attached to an aromatic ring is 1. The number of anilines is 2. The molecule has 2 rings (SSSR count). The van der Waals surface area contributed by atoms with Crippen molar-refractivity contribution in [3.63, 3.8) is 0 Å². The lowest BCUT2D eigenvalue weighted by Gasteiger charge is -2.07. The van der Waals surface area contributed by atoms with Crippen molar-refractivity contribution in [2.45, 2.75) is 6.54 Å². The molecule has 20 heavy (non-hydrogen) atoms. The van der Waals surface area contributed by atoms with E-state index in [-0.39, 0.29) is 23.8 Å². The molecule has 0 fully saturated rings. The summed E-state index contributed by atoms with van der Waals surface area (Å²) >= 11 is 0. The van der Waals surface area contributed by atoms with E-state index in [1.54, 1.807) is 31.4 Å². The lowest BCUT2D eigenvalue weighted by atomic mass is 10.3. The van der Waals surface area contributed by atoms with Gasteiger partial charge in [0.2, 0.25) is 5.91 Å². The number of hydrogen-bond acceptors (Lipinski definition) is 5. The van der Waals surface area contributed by atoms with Crippen LogP contribution in [-0.2, 0) is 11.3 Å². The molecule has 0 spiro atoms. The highest BCUT2D eigenvalue weighted by Crippen LogP contribution is 2.14. The summed E-state index contributed by atoms with van der Waals surface area (Å²) in [6.07, 6.45) is 0. The number of carbonyl (C=O) groups excluding carboxylic acids is 1. The number of amides is 1. The van der Waals surface area contributed by atoms with Gasteiger partial charge in [-0.05, 0) is 30.3 Å². The first-order valence-electron chi connectivity index (χ1n) is 5.86. The fraction of sp³-hybridized carbons (Fsp3) is 0.154. The second kappa shape index (κ2) is 5.87. The van der Waals surface area contributed by atoms with Crippen LogP contribution in [0.3, 0.4) is 0 Å². The first-order chi connectivity index (χ1) is 9.58. The number of benzene rings is 1. The monoisotopic (exact) mass is 274 g/mol. The Kier molecular flexibility index (Phi) is 3.99. The molecule has 0 bridgehead atoms. The summed E-state index contributed by atoms with van der Waals surface area (Å²) in [5.41, 5.74) is 5.69. The van der Waals surface area contributed by atoms with Crippen molar-refractivity contribution >= 4 is 17.4 Å². The van der Waals surface area contributed by atoms with Gasteiger partial charge in [-0.15, -0.1) is 0 Å². The minimum absolute atomic E-state index is 0.182. The zero-order valence-electron chi connectivity index (χ0n) is 10.9. The number of aromatic nitrogens is 2. The third kappa shape index (κ3) is 3.35. The number of carbonyl (C=O) groups is 1. The average molecular weight is 274 g/mol. The Morgan fingerprint density at radius 3 is 2.65 bits per heavy atom. The van der Waals surface area contributed by atoms with Gasteiger partial charge >= 0.3 is 0 Å². The highest BCUT2D eigenvalue weighted by atomic mass is 16.5. The number of hydrogen-bond donors (Lipinski definition) is 2. The zero-order chi connectivity index (χ0) is 14.5. The van der Waals surface area contributed by atoms with E-state index in [0.29, 0.717) is 11.4 Å². The van der Waals surface area contributed by atoms with E-state index in [1.807, 2.05) is 0 Å². The van der Waals surface area contributed by atoms with Gasteiger partial charge in [0.1, 0.15) is 18.1 Å². The molecule has 7 nitrogen and oxygen atoms in total. The number of nitrogens with two attached hydrogens (primary N) is 1. The van der Waals surface area contributed by atoms with E-state index < -0.39 is 0 Å². The van der Waals surface area contributed by atoms with Gasteiger partial charge in [-0.3, -0.25) is 9.59 Å². The highest BCUT2D eigenvalue weighted by Gasteiger charge is 2.06. The molecule has 104 valence electrons. The second-order valence-electron chi connectivity index (χ2n) is 4.03. The molecule has 1 heterocycles. The summed E-state index contributed by atoms with van der Waals surface area (Å²) in [6.45, 7) is -0.199. The Labute approximate surface area is 115 Å². The number of rotatable bonds is 4. The lowest BCUT2D eigenvalue weighted by molar-refractivity contribution is -0.117. The molecular formula is C13H14N4O3. The molecule has 0 saturated heterocycles. The van der Waals surface area contributed by atoms with Gasteiger partial charge in [0.05, 0.1) is 7.11 Å². The van der Waals surface area contributed by atoms with Crippen LogP contribution in [0.15, 0.2) is 41.2 Å². The molecule has 2 aromatic rings. The number of methoxy groups -OCH3 is 1. The van der Waals surface area contributed by atoms with Crippen LogP contribution < -0.4 is 21.3 Å². The summed E-state index contributed by atoms with van der Waals surface area (Å²) in [4.78, 5) is 23.3. The zero-order valence-corrected chi connectivity index (χ0v) is 10.9. The molecule has 0 saturated carbocycles. The normalized spacial score (nSPS) is 10.1. The Bertz CT molecular complexity index is 664.